The van der Waals surface area contributed by atoms with Crippen molar-refractivity contribution in [2.75, 3.05) is 63.2 Å². The van der Waals surface area contributed by atoms with Gasteiger partial charge in [0.25, 0.3) is 0 Å². The quantitative estimate of drug-likeness (QED) is 0.587. The van der Waals surface area contributed by atoms with Crippen molar-refractivity contribution in [3.63, 3.8) is 0 Å². The number of nitrogens with one attached hydrogen (secondary N) is 1. The molecule has 1 saturated heterocycles. The van der Waals surface area contributed by atoms with Crippen molar-refractivity contribution in [3.05, 3.63) is 41.6 Å². The summed E-state index contributed by atoms with van der Waals surface area (Å²) in [5.41, 5.74) is 3.66. The summed E-state index contributed by atoms with van der Waals surface area (Å²) in [7, 11) is 1.67. The molecule has 3 aliphatic heterocycles. The Morgan fingerprint density at radius 1 is 1.09 bits per heavy atom. The molecule has 0 spiro atoms. The number of likely N-dealkylation sites (tertiary alicyclic amines) is 1. The molecule has 0 saturated carbocycles. The molecule has 4 heterocycles. The standard InChI is InChI=1S/C25H32N6O2/c1-32-22-6-5-21(15-23(22)33-14-4-12-30-10-2-3-11-30)28-25-27-9-7-24(29-25)31-13-8-19-16-26-17-20(19)18-31/h5-7,9,15-16H,2-4,8,10-14,17-18H2,1H3,(H,27,28,29). The van der Waals surface area contributed by atoms with Gasteiger partial charge in [0.15, 0.2) is 11.5 Å². The van der Waals surface area contributed by atoms with Crippen molar-refractivity contribution in [1.29, 1.82) is 0 Å². The molecule has 1 N–H and O–H groups in total. The molecular formula is C25H32N6O2. The predicted molar refractivity (Wildman–Crippen MR) is 131 cm³/mol. The Kier molecular flexibility index (Phi) is 6.71. The van der Waals surface area contributed by atoms with Crippen LogP contribution in [0.3, 0.4) is 0 Å². The lowest BCUT2D eigenvalue weighted by Crippen LogP contribution is -2.32. The topological polar surface area (TPSA) is 75.1 Å². The highest BCUT2D eigenvalue weighted by molar-refractivity contribution is 5.83. The summed E-state index contributed by atoms with van der Waals surface area (Å²) in [6, 6.07) is 7.80. The lowest BCUT2D eigenvalue weighted by molar-refractivity contribution is 0.254. The summed E-state index contributed by atoms with van der Waals surface area (Å²) in [5.74, 6) is 2.96. The van der Waals surface area contributed by atoms with Gasteiger partial charge in [0.2, 0.25) is 5.95 Å². The predicted octanol–water partition coefficient (Wildman–Crippen LogP) is 3.68. The molecule has 8 heteroatoms. The number of anilines is 3. The van der Waals surface area contributed by atoms with Crippen molar-refractivity contribution in [2.45, 2.75) is 25.7 Å². The number of aliphatic imine (C=N–C) groups is 1. The van der Waals surface area contributed by atoms with Crippen LogP contribution in [-0.4, -0.2) is 74.1 Å². The lowest BCUT2D eigenvalue weighted by Gasteiger charge is -2.28. The molecule has 8 nitrogen and oxygen atoms in total. The second kappa shape index (κ2) is 10.2. The monoisotopic (exact) mass is 448 g/mol. The minimum atomic E-state index is 0.570. The van der Waals surface area contributed by atoms with Crippen LogP contribution in [0.4, 0.5) is 17.5 Å². The van der Waals surface area contributed by atoms with E-state index in [0.29, 0.717) is 12.6 Å². The Bertz CT molecular complexity index is 1030. The smallest absolute Gasteiger partial charge is 0.229 e. The number of hydrogen-bond acceptors (Lipinski definition) is 8. The first-order chi connectivity index (χ1) is 16.3. The summed E-state index contributed by atoms with van der Waals surface area (Å²) >= 11 is 0. The van der Waals surface area contributed by atoms with Gasteiger partial charge in [-0.2, -0.15) is 4.98 Å². The molecule has 1 fully saturated rings. The van der Waals surface area contributed by atoms with Crippen LogP contribution >= 0.6 is 0 Å². The zero-order valence-corrected chi connectivity index (χ0v) is 19.3. The van der Waals surface area contributed by atoms with Crippen molar-refractivity contribution >= 4 is 23.7 Å². The summed E-state index contributed by atoms with van der Waals surface area (Å²) < 4.78 is 11.6. The molecule has 1 aromatic carbocycles. The molecule has 174 valence electrons. The van der Waals surface area contributed by atoms with E-state index in [9.17, 15) is 0 Å². The summed E-state index contributed by atoms with van der Waals surface area (Å²) in [4.78, 5) is 18.4. The van der Waals surface area contributed by atoms with Crippen LogP contribution in [0, 0.1) is 0 Å². The zero-order valence-electron chi connectivity index (χ0n) is 19.3. The normalized spacial score (nSPS) is 18.0. The maximum Gasteiger partial charge on any atom is 0.229 e. The van der Waals surface area contributed by atoms with Gasteiger partial charge >= 0.3 is 0 Å². The van der Waals surface area contributed by atoms with E-state index >= 15 is 0 Å². The molecule has 0 bridgehead atoms. The molecule has 0 radical (unpaired) electrons. The lowest BCUT2D eigenvalue weighted by atomic mass is 10.0. The van der Waals surface area contributed by atoms with Crippen LogP contribution in [0.2, 0.25) is 0 Å². The van der Waals surface area contributed by atoms with Gasteiger partial charge in [0.05, 0.1) is 20.3 Å². The van der Waals surface area contributed by atoms with Gasteiger partial charge in [-0.05, 0) is 68.1 Å². The van der Waals surface area contributed by atoms with Crippen LogP contribution in [0.25, 0.3) is 0 Å². The van der Waals surface area contributed by atoms with Crippen LogP contribution in [0.5, 0.6) is 11.5 Å². The summed E-state index contributed by atoms with van der Waals surface area (Å²) in [6.07, 6.45) is 8.48. The number of nitrogens with zero attached hydrogens (tertiary/aromatic N) is 5. The van der Waals surface area contributed by atoms with E-state index in [1.54, 1.807) is 13.3 Å². The van der Waals surface area contributed by atoms with Crippen LogP contribution in [-0.2, 0) is 0 Å². The second-order valence-corrected chi connectivity index (χ2v) is 8.75. The molecule has 0 atom stereocenters. The first-order valence-corrected chi connectivity index (χ1v) is 11.9. The highest BCUT2D eigenvalue weighted by Crippen LogP contribution is 2.32. The number of rotatable bonds is 9. The van der Waals surface area contributed by atoms with Gasteiger partial charge in [-0.25, -0.2) is 4.98 Å². The first kappa shape index (κ1) is 21.7. The fraction of sp³-hybridized carbons (Fsp3) is 0.480. The zero-order chi connectivity index (χ0) is 22.5. The number of methoxy groups -OCH3 is 1. The fourth-order valence-corrected chi connectivity index (χ4v) is 4.67. The average Bonchev–Trinajstić information content (AvgIpc) is 3.54. The minimum absolute atomic E-state index is 0.570. The second-order valence-electron chi connectivity index (χ2n) is 8.75. The molecule has 1 aromatic heterocycles. The summed E-state index contributed by atoms with van der Waals surface area (Å²) in [5, 5.41) is 3.33. The van der Waals surface area contributed by atoms with Gasteiger partial charge in [-0.15, -0.1) is 0 Å². The molecule has 0 amide bonds. The first-order valence-electron chi connectivity index (χ1n) is 11.9. The third-order valence-corrected chi connectivity index (χ3v) is 6.48. The van der Waals surface area contributed by atoms with Gasteiger partial charge in [0.1, 0.15) is 5.82 Å². The number of hydrogen-bond donors (Lipinski definition) is 1. The molecule has 0 unspecified atom stereocenters. The SMILES string of the molecule is COc1ccc(Nc2nccc(N3CCC4=C(CN=C4)C3)n2)cc1OCCCN1CCCC1. The Labute approximate surface area is 195 Å². The third kappa shape index (κ3) is 5.27. The molecule has 3 aliphatic rings. The van der Waals surface area contributed by atoms with E-state index in [2.05, 4.69) is 25.1 Å². The summed E-state index contributed by atoms with van der Waals surface area (Å²) in [6.45, 7) is 6.82. The number of aromatic nitrogens is 2. The molecular weight excluding hydrogens is 416 g/mol. The molecule has 5 rings (SSSR count). The van der Waals surface area contributed by atoms with Crippen LogP contribution in [0.15, 0.2) is 46.6 Å². The number of benzene rings is 1. The molecule has 0 aliphatic carbocycles. The third-order valence-electron chi connectivity index (χ3n) is 6.48. The van der Waals surface area contributed by atoms with E-state index in [1.165, 1.54) is 37.1 Å². The van der Waals surface area contributed by atoms with E-state index < -0.39 is 0 Å². The van der Waals surface area contributed by atoms with Crippen LogP contribution < -0.4 is 19.7 Å². The van der Waals surface area contributed by atoms with Crippen LogP contribution in [0.1, 0.15) is 25.7 Å². The van der Waals surface area contributed by atoms with Crippen molar-refractivity contribution < 1.29 is 9.47 Å². The van der Waals surface area contributed by atoms with Gasteiger partial charge in [0, 0.05) is 43.8 Å². The van der Waals surface area contributed by atoms with Gasteiger partial charge in [-0.1, -0.05) is 0 Å². The highest BCUT2D eigenvalue weighted by atomic mass is 16.5. The van der Waals surface area contributed by atoms with Gasteiger partial charge in [-0.3, -0.25) is 4.99 Å². The van der Waals surface area contributed by atoms with Gasteiger partial charge < -0.3 is 24.6 Å². The average molecular weight is 449 g/mol. The fourth-order valence-electron chi connectivity index (χ4n) is 4.67. The van der Waals surface area contributed by atoms with Crippen molar-refractivity contribution in [1.82, 2.24) is 14.9 Å². The maximum absolute atomic E-state index is 6.07. The van der Waals surface area contributed by atoms with E-state index in [4.69, 9.17) is 14.5 Å². The Hall–Kier alpha value is -3.13. The van der Waals surface area contributed by atoms with E-state index in [0.717, 1.165) is 62.0 Å². The Morgan fingerprint density at radius 2 is 2.00 bits per heavy atom. The number of ether oxygens (including phenoxy) is 2. The van der Waals surface area contributed by atoms with E-state index in [-0.39, 0.29) is 0 Å². The maximum atomic E-state index is 6.07. The van der Waals surface area contributed by atoms with Crippen molar-refractivity contribution in [2.24, 2.45) is 4.99 Å². The van der Waals surface area contributed by atoms with E-state index in [1.807, 2.05) is 30.5 Å². The largest absolute Gasteiger partial charge is 0.493 e. The Balaban J connectivity index is 1.21. The Morgan fingerprint density at radius 3 is 2.88 bits per heavy atom. The minimum Gasteiger partial charge on any atom is -0.493 e. The highest BCUT2D eigenvalue weighted by Gasteiger charge is 2.21. The van der Waals surface area contributed by atoms with Crippen molar-refractivity contribution in [3.8, 4) is 11.5 Å². The molecule has 2 aromatic rings. The molecule has 33 heavy (non-hydrogen) atoms.